The van der Waals surface area contributed by atoms with Gasteiger partial charge in [-0.15, -0.1) is 0 Å². The van der Waals surface area contributed by atoms with Crippen molar-refractivity contribution in [1.82, 2.24) is 0 Å². The summed E-state index contributed by atoms with van der Waals surface area (Å²) in [6, 6.07) is 10.3. The molecule has 0 radical (unpaired) electrons. The number of fused-ring (bicyclic) bond motifs is 1. The predicted molar refractivity (Wildman–Crippen MR) is 97.7 cm³/mol. The van der Waals surface area contributed by atoms with Crippen LogP contribution in [-0.4, -0.2) is 0 Å². The Balaban J connectivity index is 0.000000819. The maximum absolute atomic E-state index is 3.50. The van der Waals surface area contributed by atoms with Crippen LogP contribution < -0.4 is 5.32 Å². The van der Waals surface area contributed by atoms with Gasteiger partial charge in [0.1, 0.15) is 0 Å². The lowest BCUT2D eigenvalue weighted by atomic mass is 9.82. The molecule has 0 heterocycles. The molecule has 22 heavy (non-hydrogen) atoms. The van der Waals surface area contributed by atoms with Crippen LogP contribution in [-0.2, 0) is 0 Å². The molecule has 0 aliphatic heterocycles. The maximum atomic E-state index is 3.50. The van der Waals surface area contributed by atoms with E-state index in [1.165, 1.54) is 5.70 Å². The Morgan fingerprint density at radius 2 is 1.36 bits per heavy atom. The number of rotatable bonds is 2. The van der Waals surface area contributed by atoms with Crippen molar-refractivity contribution in [2.75, 3.05) is 5.32 Å². The highest BCUT2D eigenvalue weighted by Gasteiger charge is 2.22. The van der Waals surface area contributed by atoms with Crippen molar-refractivity contribution in [3.05, 3.63) is 78.6 Å². The van der Waals surface area contributed by atoms with Gasteiger partial charge >= 0.3 is 0 Å². The summed E-state index contributed by atoms with van der Waals surface area (Å²) in [5.41, 5.74) is 2.42. The molecule has 0 saturated heterocycles. The number of hydrogen-bond acceptors (Lipinski definition) is 1. The molecule has 2 heteroatoms. The van der Waals surface area contributed by atoms with Gasteiger partial charge < -0.3 is 5.32 Å². The highest BCUT2D eigenvalue weighted by atomic mass is 19.0. The lowest BCUT2D eigenvalue weighted by Crippen LogP contribution is -2.20. The topological polar surface area (TPSA) is 12.0 Å². The first-order chi connectivity index (χ1) is 10.4. The molecule has 0 aromatic heterocycles. The Morgan fingerprint density at radius 3 is 2.05 bits per heavy atom. The predicted octanol–water partition coefficient (Wildman–Crippen LogP) is 6.12. The number of para-hydroxylation sites is 1. The van der Waals surface area contributed by atoms with E-state index in [-0.39, 0.29) is 4.70 Å². The number of allylic oxidation sites excluding steroid dienone is 7. The van der Waals surface area contributed by atoms with Gasteiger partial charge in [-0.1, -0.05) is 82.4 Å². The second-order valence-electron chi connectivity index (χ2n) is 4.37. The molecule has 2 aliphatic carbocycles. The average molecular weight is 301 g/mol. The maximum Gasteiger partial charge on any atom is 0.0381 e. The van der Waals surface area contributed by atoms with E-state index >= 15 is 0 Å². The Morgan fingerprint density at radius 1 is 0.773 bits per heavy atom. The van der Waals surface area contributed by atoms with Crippen LogP contribution in [0.5, 0.6) is 0 Å². The highest BCUT2D eigenvalue weighted by molar-refractivity contribution is 5.51. The first-order valence-electron chi connectivity index (χ1n) is 7.99. The van der Waals surface area contributed by atoms with E-state index < -0.39 is 0 Å². The van der Waals surface area contributed by atoms with Crippen molar-refractivity contribution < 1.29 is 4.70 Å². The van der Waals surface area contributed by atoms with Crippen LogP contribution in [0.2, 0.25) is 0 Å². The molecule has 0 fully saturated rings. The Kier molecular flexibility index (Phi) is 10.5. The van der Waals surface area contributed by atoms with Gasteiger partial charge in [0.2, 0.25) is 0 Å². The second-order valence-corrected chi connectivity index (χ2v) is 4.37. The zero-order valence-corrected chi connectivity index (χ0v) is 14.0. The number of hydrogen-bond donors (Lipinski definition) is 1. The Hall–Kier alpha value is -2.09. The molecule has 1 aromatic rings. The summed E-state index contributed by atoms with van der Waals surface area (Å²) < 4.78 is 0. The first-order valence-corrected chi connectivity index (χ1v) is 7.99. The molecule has 3 rings (SSSR count). The average Bonchev–Trinajstić information content (AvgIpc) is 2.60. The van der Waals surface area contributed by atoms with Crippen LogP contribution in [0.4, 0.5) is 10.4 Å². The number of halogens is 1. The SMILES string of the molecule is C1=CC2C=CC=C(Nc3ccccc3)C2C=C1.CC.CC.F. The summed E-state index contributed by atoms with van der Waals surface area (Å²) in [7, 11) is 0. The summed E-state index contributed by atoms with van der Waals surface area (Å²) in [5, 5.41) is 3.50. The minimum absolute atomic E-state index is 0. The van der Waals surface area contributed by atoms with Gasteiger partial charge in [-0.05, 0) is 18.2 Å². The highest BCUT2D eigenvalue weighted by Crippen LogP contribution is 2.31. The molecule has 0 spiro atoms. The molecule has 2 unspecified atom stereocenters. The molecular weight excluding hydrogens is 273 g/mol. The molecule has 1 nitrogen and oxygen atoms in total. The third kappa shape index (κ3) is 5.36. The molecule has 1 N–H and O–H groups in total. The number of benzene rings is 1. The normalized spacial score (nSPS) is 20.1. The summed E-state index contributed by atoms with van der Waals surface area (Å²) in [4.78, 5) is 0. The summed E-state index contributed by atoms with van der Waals surface area (Å²) in [5.74, 6) is 0.946. The Labute approximate surface area is 134 Å². The smallest absolute Gasteiger partial charge is 0.0381 e. The van der Waals surface area contributed by atoms with Crippen molar-refractivity contribution in [3.63, 3.8) is 0 Å². The molecule has 0 bridgehead atoms. The second kappa shape index (κ2) is 11.6. The molecule has 2 atom stereocenters. The molecular formula is C20H28FN. The summed E-state index contributed by atoms with van der Waals surface area (Å²) >= 11 is 0. The van der Waals surface area contributed by atoms with E-state index in [4.69, 9.17) is 0 Å². The van der Waals surface area contributed by atoms with Gasteiger partial charge in [-0.3, -0.25) is 4.70 Å². The van der Waals surface area contributed by atoms with Crippen LogP contribution in [0, 0.1) is 11.8 Å². The summed E-state index contributed by atoms with van der Waals surface area (Å²) in [6.07, 6.45) is 15.3. The third-order valence-electron chi connectivity index (χ3n) is 3.21. The van der Waals surface area contributed by atoms with E-state index in [9.17, 15) is 0 Å². The number of nitrogens with one attached hydrogen (secondary N) is 1. The van der Waals surface area contributed by atoms with E-state index in [1.807, 2.05) is 33.8 Å². The largest absolute Gasteiger partial charge is 0.358 e. The Bertz CT molecular complexity index is 512. The van der Waals surface area contributed by atoms with E-state index in [2.05, 4.69) is 72.1 Å². The standard InChI is InChI=1S/C16H15N.2C2H6.FH/c1-2-9-14(10-3-1)17-16-12-6-8-13-7-4-5-11-15(13)16;2*1-2;/h1-13,15,17H;2*1-2H3;1H. The van der Waals surface area contributed by atoms with Gasteiger partial charge in [0, 0.05) is 23.2 Å². The zero-order chi connectivity index (χ0) is 15.5. The van der Waals surface area contributed by atoms with Crippen LogP contribution in [0.3, 0.4) is 0 Å². The van der Waals surface area contributed by atoms with Crippen LogP contribution in [0.15, 0.2) is 78.6 Å². The van der Waals surface area contributed by atoms with Crippen molar-refractivity contribution in [2.45, 2.75) is 27.7 Å². The van der Waals surface area contributed by atoms with E-state index in [0.717, 1.165) is 5.69 Å². The fraction of sp³-hybridized carbons (Fsp3) is 0.300. The molecule has 2 aliphatic rings. The van der Waals surface area contributed by atoms with Gasteiger partial charge in [-0.2, -0.15) is 0 Å². The first kappa shape index (κ1) is 19.9. The fourth-order valence-electron chi connectivity index (χ4n) is 2.33. The quantitative estimate of drug-likeness (QED) is 0.694. The van der Waals surface area contributed by atoms with Gasteiger partial charge in [0.25, 0.3) is 0 Å². The number of anilines is 1. The van der Waals surface area contributed by atoms with Crippen molar-refractivity contribution in [3.8, 4) is 0 Å². The lowest BCUT2D eigenvalue weighted by Gasteiger charge is -2.27. The van der Waals surface area contributed by atoms with Crippen LogP contribution in [0.25, 0.3) is 0 Å². The van der Waals surface area contributed by atoms with Crippen LogP contribution in [0.1, 0.15) is 27.7 Å². The van der Waals surface area contributed by atoms with Gasteiger partial charge in [0.15, 0.2) is 0 Å². The van der Waals surface area contributed by atoms with Gasteiger partial charge in [0.05, 0.1) is 0 Å². The lowest BCUT2D eigenvalue weighted by molar-refractivity contribution is 0.627. The van der Waals surface area contributed by atoms with Crippen molar-refractivity contribution in [1.29, 1.82) is 0 Å². The third-order valence-corrected chi connectivity index (χ3v) is 3.21. The molecule has 120 valence electrons. The monoisotopic (exact) mass is 301 g/mol. The van der Waals surface area contributed by atoms with Crippen molar-refractivity contribution >= 4 is 5.69 Å². The molecule has 0 amide bonds. The fourth-order valence-corrected chi connectivity index (χ4v) is 2.33. The summed E-state index contributed by atoms with van der Waals surface area (Å²) in [6.45, 7) is 8.00. The molecule has 0 saturated carbocycles. The van der Waals surface area contributed by atoms with Gasteiger partial charge in [-0.25, -0.2) is 0 Å². The minimum atomic E-state index is 0. The zero-order valence-electron chi connectivity index (χ0n) is 14.0. The van der Waals surface area contributed by atoms with Crippen LogP contribution >= 0.6 is 0 Å². The van der Waals surface area contributed by atoms with E-state index in [0.29, 0.717) is 11.8 Å². The van der Waals surface area contributed by atoms with Crippen molar-refractivity contribution in [2.24, 2.45) is 11.8 Å². The van der Waals surface area contributed by atoms with E-state index in [1.54, 1.807) is 0 Å². The minimum Gasteiger partial charge on any atom is -0.358 e. The molecule has 1 aromatic carbocycles.